The molecule has 3 aliphatic rings. The number of benzene rings is 1. The number of rotatable bonds is 3. The first-order chi connectivity index (χ1) is 12.1. The van der Waals surface area contributed by atoms with Crippen LogP contribution in [0, 0.1) is 5.92 Å². The first-order valence-electron chi connectivity index (χ1n) is 8.85. The number of imidazole rings is 1. The Morgan fingerprint density at radius 3 is 2.72 bits per heavy atom. The van der Waals surface area contributed by atoms with E-state index in [2.05, 4.69) is 21.7 Å². The fourth-order valence-electron chi connectivity index (χ4n) is 4.41. The number of sulfonamides is 1. The second-order valence-electron chi connectivity index (χ2n) is 7.34. The van der Waals surface area contributed by atoms with Crippen LogP contribution in [0.4, 0.5) is 0 Å². The summed E-state index contributed by atoms with van der Waals surface area (Å²) in [7, 11) is -3.22. The van der Waals surface area contributed by atoms with Crippen LogP contribution in [0.25, 0.3) is 11.3 Å². The van der Waals surface area contributed by atoms with Crippen molar-refractivity contribution < 1.29 is 13.5 Å². The number of fused-ring (bicyclic) bond motifs is 3. The van der Waals surface area contributed by atoms with Crippen LogP contribution in [-0.2, 0) is 10.0 Å². The van der Waals surface area contributed by atoms with E-state index in [1.54, 1.807) is 0 Å². The Morgan fingerprint density at radius 1 is 1.16 bits per heavy atom. The van der Waals surface area contributed by atoms with Gasteiger partial charge in [0.25, 0.3) is 0 Å². The van der Waals surface area contributed by atoms with E-state index >= 15 is 0 Å². The van der Waals surface area contributed by atoms with E-state index in [1.807, 2.05) is 24.7 Å². The number of aliphatic hydroxyl groups excluding tert-OH is 1. The molecule has 1 saturated heterocycles. The highest BCUT2D eigenvalue weighted by atomic mass is 32.2. The van der Waals surface area contributed by atoms with Gasteiger partial charge in [0, 0.05) is 24.6 Å². The predicted molar refractivity (Wildman–Crippen MR) is 93.4 cm³/mol. The van der Waals surface area contributed by atoms with E-state index in [9.17, 15) is 13.5 Å². The van der Waals surface area contributed by atoms with Crippen LogP contribution in [-0.4, -0.2) is 51.8 Å². The Kier molecular flexibility index (Phi) is 3.36. The molecule has 132 valence electrons. The number of β-amino-alcohol motifs (C(OH)–C–C–N with tert-alkyl or cyclic N) is 1. The standard InChI is InChI=1S/C18H21N3O3S/c22-17-10-20(25(23,24)12-5-6-12)8-7-15(17)18-14-4-2-1-3-13(14)16-9-19-11-21(16)18/h1-4,9,11-12,15,17-18,22H,5-8,10H2. The second kappa shape index (κ2) is 5.40. The summed E-state index contributed by atoms with van der Waals surface area (Å²) in [5.74, 6) is -0.0118. The van der Waals surface area contributed by atoms with E-state index in [4.69, 9.17) is 0 Å². The monoisotopic (exact) mass is 359 g/mol. The second-order valence-corrected chi connectivity index (χ2v) is 9.55. The molecule has 6 nitrogen and oxygen atoms in total. The normalized spacial score (nSPS) is 29.4. The minimum atomic E-state index is -3.22. The van der Waals surface area contributed by atoms with Crippen molar-refractivity contribution in [2.24, 2.45) is 5.92 Å². The summed E-state index contributed by atoms with van der Waals surface area (Å²) in [6, 6.07) is 8.24. The highest BCUT2D eigenvalue weighted by molar-refractivity contribution is 7.90. The van der Waals surface area contributed by atoms with Crippen molar-refractivity contribution in [1.82, 2.24) is 13.9 Å². The molecular weight excluding hydrogens is 338 g/mol. The molecule has 3 atom stereocenters. The van der Waals surface area contributed by atoms with Crippen molar-refractivity contribution >= 4 is 10.0 Å². The van der Waals surface area contributed by atoms with Crippen molar-refractivity contribution in [3.05, 3.63) is 42.4 Å². The summed E-state index contributed by atoms with van der Waals surface area (Å²) in [5.41, 5.74) is 3.42. The van der Waals surface area contributed by atoms with Gasteiger partial charge in [-0.3, -0.25) is 0 Å². The average molecular weight is 359 g/mol. The first-order valence-corrected chi connectivity index (χ1v) is 10.4. The summed E-state index contributed by atoms with van der Waals surface area (Å²) < 4.78 is 28.6. The molecule has 2 aromatic rings. The summed E-state index contributed by atoms with van der Waals surface area (Å²) in [6.45, 7) is 0.690. The van der Waals surface area contributed by atoms with E-state index in [0.717, 1.165) is 24.1 Å². The minimum Gasteiger partial charge on any atom is -0.391 e. The van der Waals surface area contributed by atoms with Crippen molar-refractivity contribution in [1.29, 1.82) is 0 Å². The Bertz CT molecular complexity index is 919. The fraction of sp³-hybridized carbons (Fsp3) is 0.500. The maximum atomic E-state index is 12.5. The Hall–Kier alpha value is -1.70. The Labute approximate surface area is 147 Å². The zero-order valence-corrected chi connectivity index (χ0v) is 14.6. The van der Waals surface area contributed by atoms with Crippen molar-refractivity contribution in [3.63, 3.8) is 0 Å². The molecule has 0 amide bonds. The number of hydrogen-bond acceptors (Lipinski definition) is 4. The molecule has 1 aromatic heterocycles. The fourth-order valence-corrected chi connectivity index (χ4v) is 6.28. The summed E-state index contributed by atoms with van der Waals surface area (Å²) in [6.07, 6.45) is 5.18. The van der Waals surface area contributed by atoms with Gasteiger partial charge in [-0.15, -0.1) is 0 Å². The highest BCUT2D eigenvalue weighted by Gasteiger charge is 2.46. The molecule has 2 fully saturated rings. The van der Waals surface area contributed by atoms with Gasteiger partial charge in [-0.2, -0.15) is 4.31 Å². The van der Waals surface area contributed by atoms with E-state index in [1.165, 1.54) is 9.87 Å². The van der Waals surface area contributed by atoms with Crippen LogP contribution in [0.3, 0.4) is 0 Å². The molecule has 3 unspecified atom stereocenters. The average Bonchev–Trinajstić information content (AvgIpc) is 3.29. The summed E-state index contributed by atoms with van der Waals surface area (Å²) >= 11 is 0. The van der Waals surface area contributed by atoms with Crippen LogP contribution in [0.15, 0.2) is 36.8 Å². The highest BCUT2D eigenvalue weighted by Crippen LogP contribution is 2.46. The smallest absolute Gasteiger partial charge is 0.217 e. The molecule has 1 aliphatic carbocycles. The number of hydrogen-bond donors (Lipinski definition) is 1. The van der Waals surface area contributed by atoms with Crippen molar-refractivity contribution in [2.75, 3.05) is 13.1 Å². The zero-order chi connectivity index (χ0) is 17.2. The molecule has 1 saturated carbocycles. The van der Waals surface area contributed by atoms with Gasteiger partial charge in [-0.25, -0.2) is 13.4 Å². The third-order valence-electron chi connectivity index (χ3n) is 5.83. The van der Waals surface area contributed by atoms with Crippen LogP contribution >= 0.6 is 0 Å². The van der Waals surface area contributed by atoms with E-state index in [-0.39, 0.29) is 23.8 Å². The molecule has 2 aliphatic heterocycles. The minimum absolute atomic E-state index is 0.0118. The summed E-state index contributed by atoms with van der Waals surface area (Å²) in [4.78, 5) is 4.27. The maximum Gasteiger partial charge on any atom is 0.217 e. The predicted octanol–water partition coefficient (Wildman–Crippen LogP) is 1.63. The molecule has 1 N–H and O–H groups in total. The lowest BCUT2D eigenvalue weighted by atomic mass is 9.84. The lowest BCUT2D eigenvalue weighted by Gasteiger charge is -2.38. The van der Waals surface area contributed by atoms with Gasteiger partial charge >= 0.3 is 0 Å². The van der Waals surface area contributed by atoms with Crippen LogP contribution in [0.5, 0.6) is 0 Å². The molecular formula is C18H21N3O3S. The third kappa shape index (κ3) is 2.29. The topological polar surface area (TPSA) is 75.4 Å². The van der Waals surface area contributed by atoms with Gasteiger partial charge in [0.05, 0.1) is 35.6 Å². The quantitative estimate of drug-likeness (QED) is 0.904. The van der Waals surface area contributed by atoms with Gasteiger partial charge in [-0.05, 0) is 24.8 Å². The van der Waals surface area contributed by atoms with Gasteiger partial charge in [0.2, 0.25) is 10.0 Å². The number of aliphatic hydroxyl groups is 1. The van der Waals surface area contributed by atoms with Crippen LogP contribution in [0.1, 0.15) is 30.9 Å². The van der Waals surface area contributed by atoms with E-state index in [0.29, 0.717) is 13.0 Å². The molecule has 3 heterocycles. The summed E-state index contributed by atoms with van der Waals surface area (Å²) in [5, 5.41) is 10.6. The first kappa shape index (κ1) is 15.5. The van der Waals surface area contributed by atoms with Crippen molar-refractivity contribution in [2.45, 2.75) is 36.7 Å². The molecule has 5 rings (SSSR count). The molecule has 25 heavy (non-hydrogen) atoms. The molecule has 7 heteroatoms. The van der Waals surface area contributed by atoms with Gasteiger partial charge < -0.3 is 9.67 Å². The lowest BCUT2D eigenvalue weighted by Crippen LogP contribution is -2.49. The van der Waals surface area contributed by atoms with Crippen LogP contribution < -0.4 is 0 Å². The van der Waals surface area contributed by atoms with Gasteiger partial charge in [0.1, 0.15) is 0 Å². The van der Waals surface area contributed by atoms with Crippen molar-refractivity contribution in [3.8, 4) is 11.3 Å². The number of nitrogens with zero attached hydrogens (tertiary/aromatic N) is 3. The van der Waals surface area contributed by atoms with Gasteiger partial charge in [0.15, 0.2) is 0 Å². The SMILES string of the molecule is O=S(=O)(C1CC1)N1CCC(C2c3ccccc3-c3cncn32)C(O)C1. The number of piperidine rings is 1. The lowest BCUT2D eigenvalue weighted by molar-refractivity contribution is 0.0342. The van der Waals surface area contributed by atoms with Gasteiger partial charge in [-0.1, -0.05) is 24.3 Å². The zero-order valence-electron chi connectivity index (χ0n) is 13.8. The Balaban J connectivity index is 1.45. The molecule has 0 bridgehead atoms. The maximum absolute atomic E-state index is 12.5. The molecule has 0 spiro atoms. The van der Waals surface area contributed by atoms with E-state index < -0.39 is 16.1 Å². The Morgan fingerprint density at radius 2 is 1.96 bits per heavy atom. The molecule has 1 aromatic carbocycles. The third-order valence-corrected chi connectivity index (χ3v) is 8.19. The number of aromatic nitrogens is 2. The van der Waals surface area contributed by atoms with Crippen LogP contribution in [0.2, 0.25) is 0 Å². The largest absolute Gasteiger partial charge is 0.391 e. The molecule has 0 radical (unpaired) electrons.